The quantitative estimate of drug-likeness (QED) is 0.484. The molecule has 3 saturated heterocycles. The molecule has 0 aliphatic carbocycles. The van der Waals surface area contributed by atoms with Crippen LogP contribution in [0.15, 0.2) is 0 Å². The van der Waals surface area contributed by atoms with E-state index in [2.05, 4.69) is 10.2 Å². The third-order valence-electron chi connectivity index (χ3n) is 4.14. The Morgan fingerprint density at radius 3 is 2.16 bits per heavy atom. The molecule has 19 heavy (non-hydrogen) atoms. The van der Waals surface area contributed by atoms with Crippen LogP contribution in [0.25, 0.3) is 0 Å². The van der Waals surface area contributed by atoms with E-state index >= 15 is 0 Å². The summed E-state index contributed by atoms with van der Waals surface area (Å²) in [5.74, 6) is -1.85. The summed E-state index contributed by atoms with van der Waals surface area (Å²) in [5, 5.41) is 6.32. The average Bonchev–Trinajstić information content (AvgIpc) is 2.41. The zero-order valence-electron chi connectivity index (χ0n) is 10.9. The minimum absolute atomic E-state index is 0.110. The fraction of sp³-hybridized carbons (Fsp3) is 0.818. The first-order valence-corrected chi connectivity index (χ1v) is 8.39. The van der Waals surface area contributed by atoms with Crippen LogP contribution in [0.4, 0.5) is 0 Å². The summed E-state index contributed by atoms with van der Waals surface area (Å²) < 4.78 is 16.0. The number of carbonyl (C=O) groups is 2. The molecule has 8 heteroatoms. The van der Waals surface area contributed by atoms with Crippen molar-refractivity contribution in [2.45, 2.75) is 19.8 Å². The molecule has 2 spiro atoms. The molecule has 0 radical (unpaired) electrons. The van der Waals surface area contributed by atoms with Crippen LogP contribution >= 0.6 is 8.02 Å². The first-order chi connectivity index (χ1) is 9.04. The summed E-state index contributed by atoms with van der Waals surface area (Å²) in [6.45, 7) is 4.35. The number of hydrogen-bond acceptors (Lipinski definition) is 7. The molecule has 3 aliphatic rings. The second kappa shape index (κ2) is 4.66. The number of hydrogen-bond donors (Lipinski definition) is 2. The van der Waals surface area contributed by atoms with Crippen LogP contribution in [0.3, 0.4) is 0 Å². The molecule has 7 nitrogen and oxygen atoms in total. The second-order valence-corrected chi connectivity index (χ2v) is 7.85. The van der Waals surface area contributed by atoms with E-state index in [0.29, 0.717) is 13.1 Å². The van der Waals surface area contributed by atoms with Gasteiger partial charge in [0.15, 0.2) is 0 Å². The molecule has 0 aromatic heterocycles. The van der Waals surface area contributed by atoms with Crippen LogP contribution in [-0.2, 0) is 23.4 Å². The second-order valence-electron chi connectivity index (χ2n) is 5.50. The van der Waals surface area contributed by atoms with Crippen molar-refractivity contribution in [3.05, 3.63) is 0 Å². The molecule has 108 valence electrons. The van der Waals surface area contributed by atoms with Crippen LogP contribution in [0.1, 0.15) is 19.8 Å². The molecular weight excluding hydrogens is 271 g/mol. The predicted octanol–water partition coefficient (Wildman–Crippen LogP) is 0.122. The Morgan fingerprint density at radius 2 is 1.63 bits per heavy atom. The zero-order chi connectivity index (χ0) is 13.5. The van der Waals surface area contributed by atoms with E-state index < -0.39 is 25.9 Å². The van der Waals surface area contributed by atoms with Gasteiger partial charge in [-0.1, -0.05) is 0 Å². The van der Waals surface area contributed by atoms with Gasteiger partial charge in [-0.2, -0.15) is 0 Å². The van der Waals surface area contributed by atoms with Crippen molar-refractivity contribution in [2.75, 3.05) is 26.3 Å². The third-order valence-corrected chi connectivity index (χ3v) is 6.40. The van der Waals surface area contributed by atoms with E-state index in [9.17, 15) is 9.59 Å². The van der Waals surface area contributed by atoms with Gasteiger partial charge in [-0.15, -0.1) is 0 Å². The van der Waals surface area contributed by atoms with Crippen LogP contribution < -0.4 is 10.2 Å². The minimum atomic E-state index is -3.09. The first-order valence-electron chi connectivity index (χ1n) is 6.58. The summed E-state index contributed by atoms with van der Waals surface area (Å²) in [7, 11) is -3.09. The van der Waals surface area contributed by atoms with Crippen LogP contribution in [-0.4, -0.2) is 38.2 Å². The van der Waals surface area contributed by atoms with Crippen LogP contribution in [0.5, 0.6) is 0 Å². The molecule has 0 bridgehead atoms. The molecule has 0 aromatic carbocycles. The van der Waals surface area contributed by atoms with Crippen molar-refractivity contribution in [1.29, 1.82) is 0 Å². The Hall–Kier alpha value is -0.750. The van der Waals surface area contributed by atoms with E-state index in [1.165, 1.54) is 6.92 Å². The predicted molar refractivity (Wildman–Crippen MR) is 68.2 cm³/mol. The van der Waals surface area contributed by atoms with Crippen LogP contribution in [0, 0.1) is 11.3 Å². The van der Waals surface area contributed by atoms with Crippen LogP contribution in [0.2, 0.25) is 0 Å². The molecule has 3 aliphatic heterocycles. The maximum absolute atomic E-state index is 11.7. The van der Waals surface area contributed by atoms with Crippen molar-refractivity contribution in [3.63, 3.8) is 0 Å². The molecule has 0 aromatic rings. The number of carbonyl (C=O) groups excluding carboxylic acids is 2. The van der Waals surface area contributed by atoms with Crippen molar-refractivity contribution in [1.82, 2.24) is 10.2 Å². The molecule has 3 fully saturated rings. The van der Waals surface area contributed by atoms with Gasteiger partial charge in [0.1, 0.15) is 0 Å². The summed E-state index contributed by atoms with van der Waals surface area (Å²) >= 11 is 0. The average molecular weight is 290 g/mol. The molecule has 3 heterocycles. The molecule has 0 saturated carbocycles. The van der Waals surface area contributed by atoms with Crippen molar-refractivity contribution in [2.24, 2.45) is 11.3 Å². The maximum atomic E-state index is 11.7. The standard InChI is InChI=1S/C11H19N2O5P/c1-8-9(14)17-19(18-10(8)15)12-6-11(7-13-19)2-4-16-5-3-11/h8,12-13,19H,2-7H2,1H3. The van der Waals surface area contributed by atoms with E-state index in [1.54, 1.807) is 0 Å². The van der Waals surface area contributed by atoms with Gasteiger partial charge < -0.3 is 0 Å². The van der Waals surface area contributed by atoms with E-state index in [-0.39, 0.29) is 5.41 Å². The molecule has 2 N–H and O–H groups in total. The zero-order valence-corrected chi connectivity index (χ0v) is 11.9. The first kappa shape index (κ1) is 13.2. The van der Waals surface area contributed by atoms with Gasteiger partial charge in [0.25, 0.3) is 0 Å². The SMILES string of the molecule is CC1C(=O)O[PH]2(NCC3(CCOCC3)CN2)OC1=O. The van der Waals surface area contributed by atoms with Gasteiger partial charge in [0.05, 0.1) is 0 Å². The van der Waals surface area contributed by atoms with Crippen molar-refractivity contribution in [3.8, 4) is 0 Å². The fourth-order valence-electron chi connectivity index (χ4n) is 2.61. The molecule has 0 atom stereocenters. The monoisotopic (exact) mass is 290 g/mol. The van der Waals surface area contributed by atoms with Gasteiger partial charge in [-0.25, -0.2) is 0 Å². The van der Waals surface area contributed by atoms with Gasteiger partial charge in [0, 0.05) is 0 Å². The van der Waals surface area contributed by atoms with Gasteiger partial charge >= 0.3 is 111 Å². The third kappa shape index (κ3) is 2.36. The number of rotatable bonds is 0. The Kier molecular flexibility index (Phi) is 3.25. The molecular formula is C11H19N2O5P. The van der Waals surface area contributed by atoms with Gasteiger partial charge in [-0.05, 0) is 0 Å². The van der Waals surface area contributed by atoms with Gasteiger partial charge in [0.2, 0.25) is 0 Å². The molecule has 0 unspecified atom stereocenters. The Balaban J connectivity index is 1.69. The topological polar surface area (TPSA) is 85.9 Å². The summed E-state index contributed by atoms with van der Waals surface area (Å²) in [5.41, 5.74) is 0.110. The fourth-order valence-corrected chi connectivity index (χ4v) is 5.20. The summed E-state index contributed by atoms with van der Waals surface area (Å²) in [6.07, 6.45) is 1.91. The van der Waals surface area contributed by atoms with E-state index in [4.69, 9.17) is 13.8 Å². The Morgan fingerprint density at radius 1 is 1.11 bits per heavy atom. The summed E-state index contributed by atoms with van der Waals surface area (Å²) in [4.78, 5) is 23.3. The van der Waals surface area contributed by atoms with Gasteiger partial charge in [-0.3, -0.25) is 0 Å². The van der Waals surface area contributed by atoms with E-state index in [0.717, 1.165) is 26.1 Å². The van der Waals surface area contributed by atoms with Crippen molar-refractivity contribution >= 4 is 20.0 Å². The molecule has 0 amide bonds. The number of nitrogens with one attached hydrogen (secondary N) is 2. The number of ether oxygens (including phenoxy) is 1. The Labute approximate surface area is 112 Å². The van der Waals surface area contributed by atoms with E-state index in [1.807, 2.05) is 0 Å². The normalized spacial score (nSPS) is 34.7. The summed E-state index contributed by atoms with van der Waals surface area (Å²) in [6, 6.07) is 0. The van der Waals surface area contributed by atoms with Crippen molar-refractivity contribution < 1.29 is 23.4 Å². The Bertz CT molecular complexity index is 380. The molecule has 3 rings (SSSR count).